The van der Waals surface area contributed by atoms with Gasteiger partial charge in [-0.15, -0.1) is 0 Å². The second kappa shape index (κ2) is 13.5. The zero-order valence-electron chi connectivity index (χ0n) is 24.7. The fourth-order valence-corrected chi connectivity index (χ4v) is 5.88. The number of carbonyl (C=O) groups excluding carboxylic acids is 2. The van der Waals surface area contributed by atoms with E-state index in [4.69, 9.17) is 0 Å². The van der Waals surface area contributed by atoms with Crippen molar-refractivity contribution >= 4 is 17.6 Å². The highest BCUT2D eigenvalue weighted by molar-refractivity contribution is 5.94. The highest BCUT2D eigenvalue weighted by Crippen LogP contribution is 2.47. The largest absolute Gasteiger partial charge is 0.351 e. The summed E-state index contributed by atoms with van der Waals surface area (Å²) < 4.78 is 0. The monoisotopic (exact) mass is 584 g/mol. The number of hydrogen-bond donors (Lipinski definition) is 3. The van der Waals surface area contributed by atoms with Crippen LogP contribution in [0.15, 0.2) is 91.5 Å². The molecule has 1 saturated heterocycles. The quantitative estimate of drug-likeness (QED) is 0.237. The zero-order chi connectivity index (χ0) is 30.2. The molecule has 4 aromatic rings. The van der Waals surface area contributed by atoms with Crippen molar-refractivity contribution in [3.63, 3.8) is 0 Å². The summed E-state index contributed by atoms with van der Waals surface area (Å²) in [5.41, 5.74) is 6.39. The minimum Gasteiger partial charge on any atom is -0.351 e. The Labute approximate surface area is 258 Å². The third kappa shape index (κ3) is 7.31. The van der Waals surface area contributed by atoms with Gasteiger partial charge in [-0.05, 0) is 96.0 Å². The van der Waals surface area contributed by atoms with Gasteiger partial charge in [0.15, 0.2) is 0 Å². The third-order valence-electron chi connectivity index (χ3n) is 8.43. The van der Waals surface area contributed by atoms with Crippen molar-refractivity contribution in [2.45, 2.75) is 25.7 Å². The molecule has 44 heavy (non-hydrogen) atoms. The van der Waals surface area contributed by atoms with Crippen LogP contribution in [-0.4, -0.2) is 59.5 Å². The molecule has 0 radical (unpaired) electrons. The molecule has 8 nitrogen and oxygen atoms in total. The molecule has 6 rings (SSSR count). The van der Waals surface area contributed by atoms with Gasteiger partial charge in [0.25, 0.3) is 5.91 Å². The van der Waals surface area contributed by atoms with Crippen LogP contribution < -0.4 is 16.0 Å². The van der Waals surface area contributed by atoms with Crippen LogP contribution in [0, 0.1) is 17.3 Å². The molecule has 1 aliphatic carbocycles. The molecule has 0 unspecified atom stereocenters. The van der Waals surface area contributed by atoms with Crippen molar-refractivity contribution in [3.8, 4) is 23.0 Å². The van der Waals surface area contributed by atoms with Gasteiger partial charge in [-0.3, -0.25) is 14.8 Å². The second-order valence-electron chi connectivity index (χ2n) is 11.6. The van der Waals surface area contributed by atoms with E-state index in [0.29, 0.717) is 36.2 Å². The van der Waals surface area contributed by atoms with Crippen LogP contribution in [0.1, 0.15) is 46.3 Å². The number of hydrogen-bond acceptors (Lipinski definition) is 5. The fourth-order valence-electron chi connectivity index (χ4n) is 5.88. The maximum atomic E-state index is 12.7. The highest BCUT2D eigenvalue weighted by atomic mass is 16.2. The van der Waals surface area contributed by atoms with Gasteiger partial charge in [-0.2, -0.15) is 0 Å². The van der Waals surface area contributed by atoms with Gasteiger partial charge in [0, 0.05) is 79.9 Å². The smallest absolute Gasteiger partial charge is 0.319 e. The average molecular weight is 585 g/mol. The van der Waals surface area contributed by atoms with Crippen molar-refractivity contribution in [2.24, 2.45) is 5.41 Å². The molecule has 222 valence electrons. The first kappa shape index (κ1) is 29.1. The Kier molecular flexibility index (Phi) is 8.95. The van der Waals surface area contributed by atoms with Gasteiger partial charge < -0.3 is 20.9 Å². The minimum absolute atomic E-state index is 0.0687. The molecule has 0 bridgehead atoms. The zero-order valence-corrected chi connectivity index (χ0v) is 24.7. The molecular formula is C36H36N6O2. The summed E-state index contributed by atoms with van der Waals surface area (Å²) in [6.45, 7) is 4.40. The Balaban J connectivity index is 1.07. The Morgan fingerprint density at radius 2 is 1.68 bits per heavy atom. The number of benzene rings is 2. The molecule has 1 aliphatic heterocycles. The van der Waals surface area contributed by atoms with E-state index in [1.807, 2.05) is 66.7 Å². The minimum atomic E-state index is -0.287. The van der Waals surface area contributed by atoms with Gasteiger partial charge in [0.05, 0.1) is 0 Å². The summed E-state index contributed by atoms with van der Waals surface area (Å²) in [5, 5.41) is 8.85. The van der Waals surface area contributed by atoms with Crippen LogP contribution in [0.4, 0.5) is 10.5 Å². The van der Waals surface area contributed by atoms with E-state index in [0.717, 1.165) is 34.4 Å². The summed E-state index contributed by atoms with van der Waals surface area (Å²) in [7, 11) is 0. The Bertz CT molecular complexity index is 1650. The molecular weight excluding hydrogens is 548 g/mol. The molecule has 0 atom stereocenters. The van der Waals surface area contributed by atoms with E-state index in [1.165, 1.54) is 32.4 Å². The Morgan fingerprint density at radius 1 is 0.864 bits per heavy atom. The lowest BCUT2D eigenvalue weighted by Crippen LogP contribution is -2.60. The summed E-state index contributed by atoms with van der Waals surface area (Å²) in [6, 6.07) is 20.5. The normalized spacial score (nSPS) is 14.8. The molecule has 2 aliphatic rings. The van der Waals surface area contributed by atoms with Crippen LogP contribution in [0.5, 0.6) is 0 Å². The molecule has 1 saturated carbocycles. The first-order chi connectivity index (χ1) is 21.6. The standard InChI is InChI=1S/C36H36N6O2/c43-34(39-21-22-42-25-36(26-42)15-2-16-36)30-7-4-27(5-8-30)6-9-31-23-32(10-11-33(31)29-13-18-37-19-14-29)41-35(44)40-20-12-28-3-1-17-38-24-28/h1,3-5,7-8,10-11,13-14,17-19,23-24H,2,12,15-16,20-22,25-26H2,(H,39,43)(H2,40,41,44). The van der Waals surface area contributed by atoms with Crippen LogP contribution in [0.2, 0.25) is 0 Å². The Hall–Kier alpha value is -5.00. The van der Waals surface area contributed by atoms with E-state index in [2.05, 4.69) is 42.7 Å². The van der Waals surface area contributed by atoms with Gasteiger partial charge in [0.2, 0.25) is 0 Å². The summed E-state index contributed by atoms with van der Waals surface area (Å²) >= 11 is 0. The number of anilines is 1. The predicted octanol–water partition coefficient (Wildman–Crippen LogP) is 5.12. The maximum absolute atomic E-state index is 12.7. The topological polar surface area (TPSA) is 99.2 Å². The lowest BCUT2D eigenvalue weighted by atomic mass is 9.63. The summed E-state index contributed by atoms with van der Waals surface area (Å²) in [6.07, 6.45) is 11.8. The number of aromatic nitrogens is 2. The van der Waals surface area contributed by atoms with E-state index in [9.17, 15) is 9.59 Å². The first-order valence-electron chi connectivity index (χ1n) is 15.2. The van der Waals surface area contributed by atoms with E-state index >= 15 is 0 Å². The molecule has 8 heteroatoms. The summed E-state index contributed by atoms with van der Waals surface area (Å²) in [4.78, 5) is 35.9. The number of nitrogens with one attached hydrogen (secondary N) is 3. The second-order valence-corrected chi connectivity index (χ2v) is 11.6. The van der Waals surface area contributed by atoms with Crippen LogP contribution in [-0.2, 0) is 6.42 Å². The van der Waals surface area contributed by atoms with Crippen molar-refractivity contribution in [3.05, 3.63) is 114 Å². The lowest BCUT2D eigenvalue weighted by Gasteiger charge is -2.56. The van der Waals surface area contributed by atoms with Gasteiger partial charge in [0.1, 0.15) is 0 Å². The number of carbonyl (C=O) groups is 2. The fraction of sp³-hybridized carbons (Fsp3) is 0.278. The van der Waals surface area contributed by atoms with E-state index in [1.54, 1.807) is 24.8 Å². The molecule has 3 N–H and O–H groups in total. The third-order valence-corrected chi connectivity index (χ3v) is 8.43. The number of pyridine rings is 2. The highest BCUT2D eigenvalue weighted by Gasteiger charge is 2.46. The molecule has 2 aromatic heterocycles. The van der Waals surface area contributed by atoms with Crippen LogP contribution in [0.25, 0.3) is 11.1 Å². The van der Waals surface area contributed by atoms with Crippen LogP contribution >= 0.6 is 0 Å². The van der Waals surface area contributed by atoms with Gasteiger partial charge >= 0.3 is 6.03 Å². The first-order valence-corrected chi connectivity index (χ1v) is 15.2. The molecule has 3 heterocycles. The SMILES string of the molecule is O=C(NCCc1cccnc1)Nc1ccc(-c2ccncc2)c(C#Cc2ccc(C(=O)NCCN3CC4(CCC4)C3)cc2)c1. The van der Waals surface area contributed by atoms with Gasteiger partial charge in [-0.1, -0.05) is 30.4 Å². The maximum Gasteiger partial charge on any atom is 0.319 e. The molecule has 3 amide bonds. The number of urea groups is 1. The van der Waals surface area contributed by atoms with Crippen molar-refractivity contribution in [2.75, 3.05) is 38.0 Å². The van der Waals surface area contributed by atoms with E-state index in [-0.39, 0.29) is 11.9 Å². The number of amides is 3. The Morgan fingerprint density at radius 3 is 2.41 bits per heavy atom. The van der Waals surface area contributed by atoms with Crippen LogP contribution in [0.3, 0.4) is 0 Å². The van der Waals surface area contributed by atoms with E-state index < -0.39 is 0 Å². The predicted molar refractivity (Wildman–Crippen MR) is 172 cm³/mol. The molecule has 2 aromatic carbocycles. The average Bonchev–Trinajstić information content (AvgIpc) is 3.01. The summed E-state index contributed by atoms with van der Waals surface area (Å²) in [5.74, 6) is 6.43. The van der Waals surface area contributed by atoms with Crippen molar-refractivity contribution in [1.29, 1.82) is 0 Å². The lowest BCUT2D eigenvalue weighted by molar-refractivity contribution is -0.0582. The van der Waals surface area contributed by atoms with Crippen molar-refractivity contribution in [1.82, 2.24) is 25.5 Å². The molecule has 1 spiro atoms. The van der Waals surface area contributed by atoms with Crippen molar-refractivity contribution < 1.29 is 9.59 Å². The number of nitrogens with zero attached hydrogens (tertiary/aromatic N) is 3. The van der Waals surface area contributed by atoms with Gasteiger partial charge in [-0.25, -0.2) is 4.79 Å². The molecule has 2 fully saturated rings. The number of rotatable bonds is 9. The number of likely N-dealkylation sites (tertiary alicyclic amines) is 1.